The summed E-state index contributed by atoms with van der Waals surface area (Å²) in [6.45, 7) is 21.0. The molecule has 0 aromatic heterocycles. The number of hydrogen-bond donors (Lipinski definition) is 1. The zero-order chi connectivity index (χ0) is 42.8. The smallest absolute Gasteiger partial charge is 0.323 e. The third kappa shape index (κ3) is 16.8. The van der Waals surface area contributed by atoms with Crippen LogP contribution in [0, 0.1) is 0 Å². The lowest BCUT2D eigenvalue weighted by Crippen LogP contribution is -2.51. The lowest BCUT2D eigenvalue weighted by Gasteiger charge is -2.34. The number of benzene rings is 3. The van der Waals surface area contributed by atoms with Gasteiger partial charge < -0.3 is 24.3 Å². The zero-order valence-electron chi connectivity index (χ0n) is 36.2. The summed E-state index contributed by atoms with van der Waals surface area (Å²) in [5.41, 5.74) is -2.48. The van der Waals surface area contributed by atoms with Crippen LogP contribution < -0.4 is 5.32 Å². The number of esters is 4. The summed E-state index contributed by atoms with van der Waals surface area (Å²) in [5.74, 6) is -2.33. The van der Waals surface area contributed by atoms with Gasteiger partial charge in [-0.25, -0.2) is 0 Å². The molecular weight excluding hydrogens is 727 g/mol. The van der Waals surface area contributed by atoms with Gasteiger partial charge in [0.1, 0.15) is 28.4 Å². The second-order valence-electron chi connectivity index (χ2n) is 18.4. The molecule has 0 fully saturated rings. The molecule has 1 N–H and O–H groups in total. The Morgan fingerprint density at radius 1 is 0.579 bits per heavy atom. The van der Waals surface area contributed by atoms with Crippen molar-refractivity contribution in [3.05, 3.63) is 60.2 Å². The van der Waals surface area contributed by atoms with Gasteiger partial charge in [0.05, 0.1) is 25.2 Å². The molecule has 3 rings (SSSR count). The van der Waals surface area contributed by atoms with Crippen molar-refractivity contribution in [2.75, 3.05) is 39.3 Å². The monoisotopic (exact) mass is 791 g/mol. The molecule has 12 heteroatoms. The average molecular weight is 792 g/mol. The van der Waals surface area contributed by atoms with E-state index in [1.54, 1.807) is 92.9 Å². The Bertz CT molecular complexity index is 1780. The molecule has 0 heterocycles. The van der Waals surface area contributed by atoms with E-state index in [-0.39, 0.29) is 38.6 Å². The summed E-state index contributed by atoms with van der Waals surface area (Å²) in [5, 5.41) is 6.76. The maximum Gasteiger partial charge on any atom is 0.323 e. The molecule has 0 aliphatic rings. The third-order valence-electron chi connectivity index (χ3n) is 8.31. The van der Waals surface area contributed by atoms with E-state index >= 15 is 0 Å². The Balaban J connectivity index is 1.85. The van der Waals surface area contributed by atoms with Crippen molar-refractivity contribution in [1.82, 2.24) is 15.1 Å². The van der Waals surface area contributed by atoms with E-state index < -0.39 is 52.3 Å². The van der Waals surface area contributed by atoms with Gasteiger partial charge in [-0.05, 0) is 130 Å². The molecule has 12 nitrogen and oxygen atoms in total. The summed E-state index contributed by atoms with van der Waals surface area (Å²) in [6.07, 6.45) is 1.34. The molecular formula is C45H65N3O9. The molecule has 1 atom stereocenters. The van der Waals surface area contributed by atoms with Crippen molar-refractivity contribution in [3.63, 3.8) is 0 Å². The summed E-state index contributed by atoms with van der Waals surface area (Å²) in [6, 6.07) is 16.8. The summed E-state index contributed by atoms with van der Waals surface area (Å²) in [7, 11) is 0. The van der Waals surface area contributed by atoms with E-state index in [1.165, 1.54) is 0 Å². The van der Waals surface area contributed by atoms with Crippen molar-refractivity contribution in [2.24, 2.45) is 0 Å². The maximum absolute atomic E-state index is 13.9. The molecule has 0 saturated carbocycles. The Labute approximate surface area is 338 Å². The number of rotatable bonds is 17. The largest absolute Gasteiger partial charge is 0.459 e. The van der Waals surface area contributed by atoms with E-state index in [0.717, 1.165) is 21.5 Å². The molecule has 0 saturated heterocycles. The molecule has 3 aromatic carbocycles. The van der Waals surface area contributed by atoms with E-state index in [1.807, 2.05) is 48.5 Å². The fourth-order valence-corrected chi connectivity index (χ4v) is 6.31. The molecule has 1 amide bonds. The number of ether oxygens (including phenoxy) is 4. The van der Waals surface area contributed by atoms with Gasteiger partial charge in [-0.3, -0.25) is 33.8 Å². The lowest BCUT2D eigenvalue weighted by molar-refractivity contribution is -0.167. The minimum Gasteiger partial charge on any atom is -0.459 e. The molecule has 0 aliphatic heterocycles. The second-order valence-corrected chi connectivity index (χ2v) is 18.4. The van der Waals surface area contributed by atoms with Crippen LogP contribution in [0.2, 0.25) is 0 Å². The van der Waals surface area contributed by atoms with Gasteiger partial charge >= 0.3 is 23.9 Å². The van der Waals surface area contributed by atoms with E-state index in [4.69, 9.17) is 18.9 Å². The van der Waals surface area contributed by atoms with Gasteiger partial charge in [-0.1, -0.05) is 48.5 Å². The van der Waals surface area contributed by atoms with Crippen LogP contribution in [0.15, 0.2) is 54.6 Å². The zero-order valence-corrected chi connectivity index (χ0v) is 36.2. The van der Waals surface area contributed by atoms with Crippen molar-refractivity contribution in [1.29, 1.82) is 0 Å². The Morgan fingerprint density at radius 2 is 1.02 bits per heavy atom. The Kier molecular flexibility index (Phi) is 16.2. The first kappa shape index (κ1) is 46.8. The fourth-order valence-electron chi connectivity index (χ4n) is 6.31. The SMILES string of the molecule is CC(C)(C)OC(=O)CN(CCN(CC(=O)OC(C)(C)C)[C@@H](CCCCNC(=O)c1c2ccccc2cc2ccccc12)C(=O)OC(C)(C)C)CC(=O)OC(C)(C)C. The molecule has 57 heavy (non-hydrogen) atoms. The number of nitrogens with one attached hydrogen (secondary N) is 1. The van der Waals surface area contributed by atoms with Crippen molar-refractivity contribution >= 4 is 51.3 Å². The number of fused-ring (bicyclic) bond motifs is 2. The molecule has 0 unspecified atom stereocenters. The molecule has 0 aliphatic carbocycles. The topological polar surface area (TPSA) is 141 Å². The predicted octanol–water partition coefficient (Wildman–Crippen LogP) is 7.23. The van der Waals surface area contributed by atoms with E-state index in [0.29, 0.717) is 31.4 Å². The van der Waals surface area contributed by atoms with Crippen LogP contribution in [-0.2, 0) is 38.1 Å². The van der Waals surface area contributed by atoms with Crippen molar-refractivity contribution in [2.45, 2.75) is 131 Å². The van der Waals surface area contributed by atoms with Crippen LogP contribution in [0.5, 0.6) is 0 Å². The third-order valence-corrected chi connectivity index (χ3v) is 8.31. The van der Waals surface area contributed by atoms with Crippen LogP contribution in [0.3, 0.4) is 0 Å². The predicted molar refractivity (Wildman–Crippen MR) is 223 cm³/mol. The molecule has 0 radical (unpaired) electrons. The quantitative estimate of drug-likeness (QED) is 0.0641. The minimum absolute atomic E-state index is 0.0969. The van der Waals surface area contributed by atoms with Gasteiger partial charge in [0.2, 0.25) is 0 Å². The minimum atomic E-state index is -0.889. The van der Waals surface area contributed by atoms with Crippen molar-refractivity contribution < 1.29 is 42.9 Å². The van der Waals surface area contributed by atoms with Crippen LogP contribution in [0.25, 0.3) is 21.5 Å². The number of carbonyl (C=O) groups is 5. The van der Waals surface area contributed by atoms with Crippen LogP contribution in [0.1, 0.15) is 113 Å². The summed E-state index contributed by atoms with van der Waals surface area (Å²) >= 11 is 0. The molecule has 0 bridgehead atoms. The fraction of sp³-hybridized carbons (Fsp3) is 0.578. The highest BCUT2D eigenvalue weighted by molar-refractivity contribution is 6.18. The standard InChI is InChI=1S/C45H65N3O9/c1-42(2,3)54-36(49)28-47(29-37(50)55-43(4,5)6)25-26-48(30-38(51)56-44(7,8)9)35(41(53)57-45(10,11)12)23-17-18-24-46-40(52)39-33-21-15-13-19-31(33)27-32-20-14-16-22-34(32)39/h13-16,19-22,27,35H,17-18,23-26,28-30H2,1-12H3,(H,46,52)/t35-/m0/s1. The number of nitrogens with zero attached hydrogens (tertiary/aromatic N) is 2. The van der Waals surface area contributed by atoms with Crippen LogP contribution in [-0.4, -0.2) is 107 Å². The first-order chi connectivity index (χ1) is 26.3. The van der Waals surface area contributed by atoms with Crippen LogP contribution in [0.4, 0.5) is 0 Å². The first-order valence-corrected chi connectivity index (χ1v) is 19.8. The second kappa shape index (κ2) is 19.7. The van der Waals surface area contributed by atoms with Gasteiger partial charge in [0, 0.05) is 19.6 Å². The van der Waals surface area contributed by atoms with Crippen molar-refractivity contribution in [3.8, 4) is 0 Å². The summed E-state index contributed by atoms with van der Waals surface area (Å²) in [4.78, 5) is 70.2. The van der Waals surface area contributed by atoms with Gasteiger partial charge in [0.15, 0.2) is 0 Å². The van der Waals surface area contributed by atoms with Crippen LogP contribution >= 0.6 is 0 Å². The average Bonchev–Trinajstić information content (AvgIpc) is 3.03. The molecule has 0 spiro atoms. The van der Waals surface area contributed by atoms with Gasteiger partial charge in [-0.15, -0.1) is 0 Å². The number of carbonyl (C=O) groups excluding carboxylic acids is 5. The lowest BCUT2D eigenvalue weighted by atomic mass is 9.96. The normalized spacial score (nSPS) is 13.1. The number of hydrogen-bond acceptors (Lipinski definition) is 11. The first-order valence-electron chi connectivity index (χ1n) is 19.8. The molecule has 314 valence electrons. The van der Waals surface area contributed by atoms with Gasteiger partial charge in [-0.2, -0.15) is 0 Å². The maximum atomic E-state index is 13.9. The van der Waals surface area contributed by atoms with E-state index in [9.17, 15) is 24.0 Å². The molecule has 3 aromatic rings. The summed E-state index contributed by atoms with van der Waals surface area (Å²) < 4.78 is 22.7. The highest BCUT2D eigenvalue weighted by atomic mass is 16.6. The Morgan fingerprint density at radius 3 is 1.47 bits per heavy atom. The number of unbranched alkanes of at least 4 members (excludes halogenated alkanes) is 1. The van der Waals surface area contributed by atoms with E-state index in [2.05, 4.69) is 11.4 Å². The number of amides is 1. The highest BCUT2D eigenvalue weighted by Gasteiger charge is 2.34. The highest BCUT2D eigenvalue weighted by Crippen LogP contribution is 2.28. The Hall–Kier alpha value is -4.55. The van der Waals surface area contributed by atoms with Gasteiger partial charge in [0.25, 0.3) is 5.91 Å².